The molecule has 0 radical (unpaired) electrons. The van der Waals surface area contributed by atoms with Crippen LogP contribution in [-0.4, -0.2) is 60.9 Å². The second kappa shape index (κ2) is 5.97. The third-order valence-electron chi connectivity index (χ3n) is 3.24. The summed E-state index contributed by atoms with van der Waals surface area (Å²) in [4.78, 5) is 26.5. The third kappa shape index (κ3) is 3.98. The maximum Gasteiger partial charge on any atom is 0.240 e. The number of nitrogens with zero attached hydrogens (tertiary/aromatic N) is 2. The number of carbonyl (C=O) groups is 2. The number of carbonyl (C=O) groups excluding carboxylic acids is 2. The normalized spacial score (nSPS) is 19.4. The van der Waals surface area contributed by atoms with E-state index in [1.165, 1.54) is 0 Å². The van der Waals surface area contributed by atoms with Gasteiger partial charge in [-0.1, -0.05) is 0 Å². The van der Waals surface area contributed by atoms with Crippen LogP contribution in [0.15, 0.2) is 0 Å². The quantitative estimate of drug-likeness (QED) is 0.643. The molecule has 0 aliphatic carbocycles. The van der Waals surface area contributed by atoms with E-state index in [-0.39, 0.29) is 12.3 Å². The highest BCUT2D eigenvalue weighted by molar-refractivity contribution is 5.87. The van der Waals surface area contributed by atoms with Gasteiger partial charge in [0.05, 0.1) is 12.5 Å². The van der Waals surface area contributed by atoms with Crippen molar-refractivity contribution in [3.63, 3.8) is 0 Å². The fraction of sp³-hybridized carbons (Fsp3) is 0.818. The first-order valence-electron chi connectivity index (χ1n) is 5.91. The second-order valence-corrected chi connectivity index (χ2v) is 4.80. The van der Waals surface area contributed by atoms with E-state index in [4.69, 9.17) is 11.5 Å². The minimum atomic E-state index is -0.789. The van der Waals surface area contributed by atoms with Crippen LogP contribution < -0.4 is 11.5 Å². The van der Waals surface area contributed by atoms with Crippen LogP contribution >= 0.6 is 0 Å². The average Bonchev–Trinajstić information content (AvgIpc) is 2.27. The van der Waals surface area contributed by atoms with Crippen molar-refractivity contribution in [3.8, 4) is 0 Å². The smallest absolute Gasteiger partial charge is 0.240 e. The van der Waals surface area contributed by atoms with E-state index < -0.39 is 11.9 Å². The van der Waals surface area contributed by atoms with Gasteiger partial charge in [0.1, 0.15) is 0 Å². The largest absolute Gasteiger partial charge is 0.370 e. The number of hydrogen-bond donors (Lipinski definition) is 2. The molecule has 1 aliphatic heterocycles. The summed E-state index contributed by atoms with van der Waals surface area (Å²) in [5.74, 6) is -0.699. The number of amides is 2. The van der Waals surface area contributed by atoms with Crippen LogP contribution in [0.1, 0.15) is 19.3 Å². The summed E-state index contributed by atoms with van der Waals surface area (Å²) >= 11 is 0. The molecular formula is C11H22N4O2. The number of hydrogen-bond acceptors (Lipinski definition) is 4. The average molecular weight is 242 g/mol. The maximum absolute atomic E-state index is 11.9. The highest BCUT2D eigenvalue weighted by Gasteiger charge is 2.27. The van der Waals surface area contributed by atoms with E-state index in [1.54, 1.807) is 4.90 Å². The lowest BCUT2D eigenvalue weighted by atomic mass is 10.0. The van der Waals surface area contributed by atoms with Crippen molar-refractivity contribution >= 4 is 11.8 Å². The van der Waals surface area contributed by atoms with E-state index in [1.807, 2.05) is 14.1 Å². The van der Waals surface area contributed by atoms with E-state index in [0.29, 0.717) is 19.1 Å². The van der Waals surface area contributed by atoms with Gasteiger partial charge in [-0.3, -0.25) is 9.59 Å². The lowest BCUT2D eigenvalue weighted by molar-refractivity contribution is -0.136. The van der Waals surface area contributed by atoms with Crippen molar-refractivity contribution in [1.82, 2.24) is 9.80 Å². The molecule has 0 spiro atoms. The van der Waals surface area contributed by atoms with E-state index in [2.05, 4.69) is 4.90 Å². The zero-order valence-electron chi connectivity index (χ0n) is 10.6. The van der Waals surface area contributed by atoms with Crippen LogP contribution in [-0.2, 0) is 9.59 Å². The Morgan fingerprint density at radius 3 is 2.29 bits per heavy atom. The van der Waals surface area contributed by atoms with Gasteiger partial charge in [0.15, 0.2) is 0 Å². The fourth-order valence-corrected chi connectivity index (χ4v) is 2.14. The molecule has 0 aromatic rings. The lowest BCUT2D eigenvalue weighted by Gasteiger charge is -2.36. The van der Waals surface area contributed by atoms with Crippen LogP contribution in [0.3, 0.4) is 0 Å². The SMILES string of the molecule is CN(C)C1CCN(C(=O)[C@@H](N)CC(N)=O)CC1. The molecule has 98 valence electrons. The van der Waals surface area contributed by atoms with Crippen molar-refractivity contribution in [2.75, 3.05) is 27.2 Å². The predicted molar refractivity (Wildman–Crippen MR) is 65.1 cm³/mol. The molecule has 0 aromatic carbocycles. The van der Waals surface area contributed by atoms with E-state index in [0.717, 1.165) is 12.8 Å². The van der Waals surface area contributed by atoms with Gasteiger partial charge in [-0.2, -0.15) is 0 Å². The summed E-state index contributed by atoms with van der Waals surface area (Å²) in [7, 11) is 4.09. The van der Waals surface area contributed by atoms with Gasteiger partial charge in [-0.05, 0) is 26.9 Å². The molecule has 17 heavy (non-hydrogen) atoms. The lowest BCUT2D eigenvalue weighted by Crippen LogP contribution is -2.50. The molecule has 6 nitrogen and oxygen atoms in total. The Hall–Kier alpha value is -1.14. The van der Waals surface area contributed by atoms with Gasteiger partial charge < -0.3 is 21.3 Å². The summed E-state index contributed by atoms with van der Waals surface area (Å²) < 4.78 is 0. The van der Waals surface area contributed by atoms with Gasteiger partial charge in [0, 0.05) is 19.1 Å². The number of piperidine rings is 1. The first kappa shape index (κ1) is 13.9. The molecule has 1 fully saturated rings. The van der Waals surface area contributed by atoms with Crippen molar-refractivity contribution in [2.24, 2.45) is 11.5 Å². The molecule has 1 aliphatic rings. The summed E-state index contributed by atoms with van der Waals surface area (Å²) in [5.41, 5.74) is 10.7. The van der Waals surface area contributed by atoms with Crippen molar-refractivity contribution < 1.29 is 9.59 Å². The van der Waals surface area contributed by atoms with Crippen molar-refractivity contribution in [3.05, 3.63) is 0 Å². The molecule has 0 unspecified atom stereocenters. The molecule has 0 bridgehead atoms. The summed E-state index contributed by atoms with van der Waals surface area (Å²) in [6.45, 7) is 1.41. The van der Waals surface area contributed by atoms with Crippen LogP contribution in [0.25, 0.3) is 0 Å². The topological polar surface area (TPSA) is 92.7 Å². The summed E-state index contributed by atoms with van der Waals surface area (Å²) in [6, 6.07) is -0.269. The van der Waals surface area contributed by atoms with Gasteiger partial charge in [0.25, 0.3) is 0 Å². The Morgan fingerprint density at radius 2 is 1.88 bits per heavy atom. The summed E-state index contributed by atoms with van der Waals surface area (Å²) in [5, 5.41) is 0. The number of nitrogens with two attached hydrogens (primary N) is 2. The maximum atomic E-state index is 11.9. The first-order valence-corrected chi connectivity index (χ1v) is 5.91. The van der Waals surface area contributed by atoms with Crippen molar-refractivity contribution in [1.29, 1.82) is 0 Å². The molecule has 0 saturated carbocycles. The Kier molecular flexibility index (Phi) is 4.89. The third-order valence-corrected chi connectivity index (χ3v) is 3.24. The molecule has 2 amide bonds. The number of primary amides is 1. The molecule has 1 atom stereocenters. The monoisotopic (exact) mass is 242 g/mol. The van der Waals surface area contributed by atoms with Gasteiger partial charge in [0.2, 0.25) is 11.8 Å². The molecule has 0 aromatic heterocycles. The molecule has 1 rings (SSSR count). The molecule has 1 saturated heterocycles. The van der Waals surface area contributed by atoms with Crippen LogP contribution in [0.2, 0.25) is 0 Å². The minimum Gasteiger partial charge on any atom is -0.370 e. The Labute approximate surface area is 102 Å². The fourth-order valence-electron chi connectivity index (χ4n) is 2.14. The van der Waals surface area contributed by atoms with Crippen LogP contribution in [0.4, 0.5) is 0 Å². The zero-order chi connectivity index (χ0) is 13.0. The van der Waals surface area contributed by atoms with Crippen LogP contribution in [0.5, 0.6) is 0 Å². The standard InChI is InChI=1S/C11H22N4O2/c1-14(2)8-3-5-15(6-4-8)11(17)9(12)7-10(13)16/h8-9H,3-7,12H2,1-2H3,(H2,13,16)/t9-/m0/s1. The number of rotatable bonds is 4. The molecular weight excluding hydrogens is 220 g/mol. The Morgan fingerprint density at radius 1 is 1.35 bits per heavy atom. The van der Waals surface area contributed by atoms with E-state index in [9.17, 15) is 9.59 Å². The highest BCUT2D eigenvalue weighted by atomic mass is 16.2. The summed E-state index contributed by atoms with van der Waals surface area (Å²) in [6.07, 6.45) is 1.82. The van der Waals surface area contributed by atoms with Gasteiger partial charge in [-0.25, -0.2) is 0 Å². The minimum absolute atomic E-state index is 0.0769. The zero-order valence-corrected chi connectivity index (χ0v) is 10.6. The Balaban J connectivity index is 2.43. The van der Waals surface area contributed by atoms with Crippen LogP contribution in [0, 0.1) is 0 Å². The predicted octanol–water partition coefficient (Wildman–Crippen LogP) is -1.26. The van der Waals surface area contributed by atoms with Gasteiger partial charge in [-0.15, -0.1) is 0 Å². The van der Waals surface area contributed by atoms with Gasteiger partial charge >= 0.3 is 0 Å². The van der Waals surface area contributed by atoms with E-state index >= 15 is 0 Å². The first-order chi connectivity index (χ1) is 7.91. The Bertz CT molecular complexity index is 285. The highest BCUT2D eigenvalue weighted by Crippen LogP contribution is 2.15. The molecule has 4 N–H and O–H groups in total. The van der Waals surface area contributed by atoms with Crippen molar-refractivity contribution in [2.45, 2.75) is 31.3 Å². The second-order valence-electron chi connectivity index (χ2n) is 4.80. The molecule has 1 heterocycles. The molecule has 6 heteroatoms. The number of likely N-dealkylation sites (tertiary alicyclic amines) is 1.